The molecule has 25 heavy (non-hydrogen) atoms. The number of nitrogens with zero attached hydrogens (tertiary/aromatic N) is 1. The lowest BCUT2D eigenvalue weighted by molar-refractivity contribution is -0.137. The molecule has 0 aromatic heterocycles. The van der Waals surface area contributed by atoms with Gasteiger partial charge in [-0.3, -0.25) is 4.79 Å². The van der Waals surface area contributed by atoms with E-state index >= 15 is 0 Å². The number of Topliss-reactive ketones (excluding diaryl/α,β-unsaturated/α-hetero) is 1. The van der Waals surface area contributed by atoms with Gasteiger partial charge >= 0.3 is 6.18 Å². The lowest BCUT2D eigenvalue weighted by atomic mass is 10.1. The van der Waals surface area contributed by atoms with Gasteiger partial charge in [0.2, 0.25) is 5.78 Å². The van der Waals surface area contributed by atoms with E-state index < -0.39 is 11.7 Å². The number of carbonyl (C=O) groups is 1. The molecule has 124 valence electrons. The van der Waals surface area contributed by atoms with Crippen molar-refractivity contribution in [3.05, 3.63) is 76.9 Å². The molecule has 3 aromatic rings. The molecule has 0 bridgehead atoms. The maximum atomic E-state index is 13.0. The number of hydrogen-bond acceptors (Lipinski definition) is 2. The van der Waals surface area contributed by atoms with Crippen molar-refractivity contribution in [2.75, 3.05) is 0 Å². The van der Waals surface area contributed by atoms with Gasteiger partial charge in [-0.05, 0) is 36.1 Å². The number of rotatable bonds is 1. The SMILES string of the molecule is Cc1cc(N=C2C(=O)c3cccc4cccc2c34)cc(C(F)(F)F)c1. The summed E-state index contributed by atoms with van der Waals surface area (Å²) < 4.78 is 39.1. The van der Waals surface area contributed by atoms with Crippen LogP contribution in [0.2, 0.25) is 0 Å². The first-order valence-corrected chi connectivity index (χ1v) is 7.69. The fourth-order valence-corrected chi connectivity index (χ4v) is 3.21. The van der Waals surface area contributed by atoms with Crippen molar-refractivity contribution in [2.45, 2.75) is 13.1 Å². The first-order valence-electron chi connectivity index (χ1n) is 7.69. The largest absolute Gasteiger partial charge is 0.416 e. The van der Waals surface area contributed by atoms with E-state index in [9.17, 15) is 18.0 Å². The van der Waals surface area contributed by atoms with E-state index in [1.807, 2.05) is 18.2 Å². The summed E-state index contributed by atoms with van der Waals surface area (Å²) in [6, 6.07) is 14.5. The molecule has 5 heteroatoms. The van der Waals surface area contributed by atoms with Crippen molar-refractivity contribution in [1.82, 2.24) is 0 Å². The number of aryl methyl sites for hydroxylation is 1. The van der Waals surface area contributed by atoms with E-state index in [0.29, 0.717) is 16.7 Å². The Morgan fingerprint density at radius 1 is 0.920 bits per heavy atom. The minimum atomic E-state index is -4.45. The molecule has 1 aliphatic rings. The Labute approximate surface area is 141 Å². The Hall–Kier alpha value is -2.95. The van der Waals surface area contributed by atoms with E-state index in [0.717, 1.165) is 22.9 Å². The molecule has 0 heterocycles. The molecule has 3 aromatic carbocycles. The van der Waals surface area contributed by atoms with E-state index in [-0.39, 0.29) is 17.2 Å². The van der Waals surface area contributed by atoms with E-state index in [1.54, 1.807) is 31.2 Å². The van der Waals surface area contributed by atoms with Crippen molar-refractivity contribution in [1.29, 1.82) is 0 Å². The number of carbonyl (C=O) groups excluding carboxylic acids is 1. The van der Waals surface area contributed by atoms with Crippen molar-refractivity contribution < 1.29 is 18.0 Å². The normalized spacial score (nSPS) is 15.4. The number of alkyl halides is 3. The number of aliphatic imine (C=N–C) groups is 1. The van der Waals surface area contributed by atoms with Gasteiger partial charge in [-0.15, -0.1) is 0 Å². The Balaban J connectivity index is 1.91. The van der Waals surface area contributed by atoms with Crippen LogP contribution in [-0.2, 0) is 6.18 Å². The highest BCUT2D eigenvalue weighted by molar-refractivity contribution is 6.59. The van der Waals surface area contributed by atoms with Gasteiger partial charge in [0.05, 0.1) is 11.3 Å². The second-order valence-electron chi connectivity index (χ2n) is 6.05. The molecule has 0 unspecified atom stereocenters. The fraction of sp³-hybridized carbons (Fsp3) is 0.100. The summed E-state index contributed by atoms with van der Waals surface area (Å²) in [4.78, 5) is 17.0. The standard InChI is InChI=1S/C20H12F3NO/c1-11-8-13(20(21,22)23)10-14(9-11)24-18-15-6-2-4-12-5-3-7-16(17(12)15)19(18)25/h2-10H,1H3. The molecule has 0 N–H and O–H groups in total. The van der Waals surface area contributed by atoms with Crippen LogP contribution in [0.15, 0.2) is 59.6 Å². The fourth-order valence-electron chi connectivity index (χ4n) is 3.21. The minimum absolute atomic E-state index is 0.125. The summed E-state index contributed by atoms with van der Waals surface area (Å²) in [5.41, 5.74) is 1.18. The molecule has 0 atom stereocenters. The van der Waals surface area contributed by atoms with Gasteiger partial charge in [0.15, 0.2) is 0 Å². The van der Waals surface area contributed by atoms with Crippen molar-refractivity contribution >= 4 is 28.0 Å². The first kappa shape index (κ1) is 15.6. The molecule has 4 rings (SSSR count). The Morgan fingerprint density at radius 2 is 1.60 bits per heavy atom. The van der Waals surface area contributed by atoms with Crippen molar-refractivity contribution in [3.8, 4) is 0 Å². The molecule has 1 aliphatic carbocycles. The van der Waals surface area contributed by atoms with Crippen LogP contribution in [0.1, 0.15) is 27.0 Å². The highest BCUT2D eigenvalue weighted by Gasteiger charge is 2.32. The molecule has 0 fully saturated rings. The quantitative estimate of drug-likeness (QED) is 0.577. The van der Waals surface area contributed by atoms with Gasteiger partial charge < -0.3 is 0 Å². The molecular formula is C20H12F3NO. The van der Waals surface area contributed by atoms with Crippen LogP contribution < -0.4 is 0 Å². The third kappa shape index (κ3) is 2.52. The van der Waals surface area contributed by atoms with Crippen LogP contribution in [-0.4, -0.2) is 11.5 Å². The zero-order chi connectivity index (χ0) is 17.8. The Morgan fingerprint density at radius 3 is 2.28 bits per heavy atom. The number of halogens is 3. The molecule has 0 radical (unpaired) electrons. The zero-order valence-electron chi connectivity index (χ0n) is 13.2. The van der Waals surface area contributed by atoms with Gasteiger partial charge in [0, 0.05) is 16.5 Å². The van der Waals surface area contributed by atoms with Gasteiger partial charge in [0.25, 0.3) is 0 Å². The molecule has 0 saturated carbocycles. The molecule has 0 saturated heterocycles. The van der Waals surface area contributed by atoms with Gasteiger partial charge in [-0.25, -0.2) is 4.99 Å². The van der Waals surface area contributed by atoms with Crippen LogP contribution in [0.25, 0.3) is 10.8 Å². The second-order valence-corrected chi connectivity index (χ2v) is 6.05. The zero-order valence-corrected chi connectivity index (χ0v) is 13.2. The van der Waals surface area contributed by atoms with Crippen molar-refractivity contribution in [3.63, 3.8) is 0 Å². The molecule has 0 aliphatic heterocycles. The van der Waals surface area contributed by atoms with Crippen LogP contribution in [0.3, 0.4) is 0 Å². The minimum Gasteiger partial charge on any atom is -0.287 e. The Kier molecular flexibility index (Phi) is 3.29. The smallest absolute Gasteiger partial charge is 0.287 e. The maximum absolute atomic E-state index is 13.0. The third-order valence-corrected chi connectivity index (χ3v) is 4.25. The first-order chi connectivity index (χ1) is 11.8. The molecule has 0 amide bonds. The highest BCUT2D eigenvalue weighted by Crippen LogP contribution is 2.35. The second kappa shape index (κ2) is 5.28. The number of benzene rings is 3. The van der Waals surface area contributed by atoms with Crippen LogP contribution in [0, 0.1) is 6.92 Å². The van der Waals surface area contributed by atoms with Crippen LogP contribution in [0.4, 0.5) is 18.9 Å². The van der Waals surface area contributed by atoms with Crippen molar-refractivity contribution in [2.24, 2.45) is 4.99 Å². The lowest BCUT2D eigenvalue weighted by Gasteiger charge is -2.09. The van der Waals surface area contributed by atoms with Crippen LogP contribution >= 0.6 is 0 Å². The molecular weight excluding hydrogens is 327 g/mol. The summed E-state index contributed by atoms with van der Waals surface area (Å²) >= 11 is 0. The monoisotopic (exact) mass is 339 g/mol. The average Bonchev–Trinajstić information content (AvgIpc) is 2.82. The van der Waals surface area contributed by atoms with E-state index in [2.05, 4.69) is 4.99 Å². The summed E-state index contributed by atoms with van der Waals surface area (Å²) in [5, 5.41) is 1.71. The highest BCUT2D eigenvalue weighted by atomic mass is 19.4. The summed E-state index contributed by atoms with van der Waals surface area (Å²) in [7, 11) is 0. The predicted molar refractivity (Wildman–Crippen MR) is 90.7 cm³/mol. The predicted octanol–water partition coefficient (Wildman–Crippen LogP) is 5.48. The lowest BCUT2D eigenvalue weighted by Crippen LogP contribution is -2.09. The summed E-state index contributed by atoms with van der Waals surface area (Å²) in [6.07, 6.45) is -4.45. The average molecular weight is 339 g/mol. The van der Waals surface area contributed by atoms with E-state index in [1.165, 1.54) is 0 Å². The van der Waals surface area contributed by atoms with Crippen LogP contribution in [0.5, 0.6) is 0 Å². The summed E-state index contributed by atoms with van der Waals surface area (Å²) in [5.74, 6) is -0.262. The summed E-state index contributed by atoms with van der Waals surface area (Å²) in [6.45, 7) is 1.57. The van der Waals surface area contributed by atoms with Gasteiger partial charge in [-0.1, -0.05) is 36.4 Å². The molecule has 2 nitrogen and oxygen atoms in total. The topological polar surface area (TPSA) is 29.4 Å². The third-order valence-electron chi connectivity index (χ3n) is 4.25. The Bertz CT molecular complexity index is 1060. The maximum Gasteiger partial charge on any atom is 0.416 e. The number of hydrogen-bond donors (Lipinski definition) is 0. The van der Waals surface area contributed by atoms with E-state index in [4.69, 9.17) is 0 Å². The van der Waals surface area contributed by atoms with Gasteiger partial charge in [-0.2, -0.15) is 13.2 Å². The van der Waals surface area contributed by atoms with Gasteiger partial charge in [0.1, 0.15) is 5.71 Å². The molecule has 0 spiro atoms. The number of ketones is 1.